The molecule has 4 aromatic carbocycles. The minimum atomic E-state index is -0.249. The Balaban J connectivity index is 1.47. The van der Waals surface area contributed by atoms with E-state index in [1.807, 2.05) is 60.7 Å². The second-order valence-electron chi connectivity index (χ2n) is 9.54. The predicted molar refractivity (Wildman–Crippen MR) is 157 cm³/mol. The van der Waals surface area contributed by atoms with Gasteiger partial charge in [-0.25, -0.2) is 0 Å². The summed E-state index contributed by atoms with van der Waals surface area (Å²) in [5.41, 5.74) is 3.16. The molecule has 198 valence electrons. The number of fused-ring (bicyclic) bond motifs is 7. The van der Waals surface area contributed by atoms with Crippen LogP contribution in [0.25, 0.3) is 44.8 Å². The lowest BCUT2D eigenvalue weighted by Gasteiger charge is -2.17. The van der Waals surface area contributed by atoms with Gasteiger partial charge in [0.25, 0.3) is 0 Å². The van der Waals surface area contributed by atoms with Crippen molar-refractivity contribution in [1.82, 2.24) is 0 Å². The molecule has 0 spiro atoms. The van der Waals surface area contributed by atoms with Crippen LogP contribution in [0, 0.1) is 0 Å². The quantitative estimate of drug-likeness (QED) is 0.157. The first kappa shape index (κ1) is 24.4. The number of ketones is 2. The molecule has 0 saturated heterocycles. The maximum Gasteiger partial charge on any atom is 0.231 e. The number of hydrogen-bond acceptors (Lipinski definition) is 6. The SMILES string of the molecule is O=C(/C=C\c1cc2ccccc2c2c1OCOc1c(/C=C\C(=O)c3ccco3)cc3ccccc3c1-2)c1ccco1. The van der Waals surface area contributed by atoms with Gasteiger partial charge in [0.1, 0.15) is 11.5 Å². The van der Waals surface area contributed by atoms with Gasteiger partial charge in [0.2, 0.25) is 18.4 Å². The van der Waals surface area contributed by atoms with Crippen LogP contribution >= 0.6 is 0 Å². The minimum Gasteiger partial charge on any atom is -0.461 e. The summed E-state index contributed by atoms with van der Waals surface area (Å²) in [6.45, 7) is -0.0589. The zero-order valence-electron chi connectivity index (χ0n) is 21.7. The van der Waals surface area contributed by atoms with Crippen LogP contribution in [-0.2, 0) is 0 Å². The predicted octanol–water partition coefficient (Wildman–Crippen LogP) is 8.37. The molecule has 7 rings (SSSR count). The van der Waals surface area contributed by atoms with E-state index in [1.54, 1.807) is 36.4 Å². The molecule has 0 radical (unpaired) electrons. The van der Waals surface area contributed by atoms with E-state index >= 15 is 0 Å². The normalized spacial score (nSPS) is 12.7. The maximum atomic E-state index is 12.7. The molecule has 6 nitrogen and oxygen atoms in total. The van der Waals surface area contributed by atoms with Crippen LogP contribution in [0.1, 0.15) is 32.2 Å². The third-order valence-electron chi connectivity index (χ3n) is 7.07. The summed E-state index contributed by atoms with van der Waals surface area (Å²) in [6.07, 6.45) is 9.40. The van der Waals surface area contributed by atoms with Gasteiger partial charge in [-0.1, -0.05) is 48.5 Å². The van der Waals surface area contributed by atoms with E-state index in [2.05, 4.69) is 0 Å². The Morgan fingerprint density at radius 3 is 1.49 bits per heavy atom. The van der Waals surface area contributed by atoms with Crippen LogP contribution in [-0.4, -0.2) is 18.4 Å². The van der Waals surface area contributed by atoms with Gasteiger partial charge < -0.3 is 18.3 Å². The van der Waals surface area contributed by atoms with Gasteiger partial charge in [0, 0.05) is 22.3 Å². The molecule has 0 fully saturated rings. The fourth-order valence-corrected chi connectivity index (χ4v) is 5.24. The average molecular weight is 539 g/mol. The van der Waals surface area contributed by atoms with Crippen molar-refractivity contribution in [3.05, 3.63) is 132 Å². The lowest BCUT2D eigenvalue weighted by atomic mass is 9.88. The summed E-state index contributed by atoms with van der Waals surface area (Å²) in [6, 6.07) is 26.7. The molecular formula is C35H22O6. The molecule has 6 heteroatoms. The number of benzene rings is 4. The molecule has 1 aliphatic heterocycles. The van der Waals surface area contributed by atoms with E-state index in [0.717, 1.165) is 43.8 Å². The molecule has 0 N–H and O–H groups in total. The molecule has 2 aromatic heterocycles. The van der Waals surface area contributed by atoms with Crippen molar-refractivity contribution in [2.75, 3.05) is 6.79 Å². The molecule has 6 aromatic rings. The van der Waals surface area contributed by atoms with Gasteiger partial charge in [-0.15, -0.1) is 0 Å². The Kier molecular flexibility index (Phi) is 6.06. The van der Waals surface area contributed by atoms with Gasteiger partial charge in [0.15, 0.2) is 11.5 Å². The van der Waals surface area contributed by atoms with E-state index < -0.39 is 0 Å². The van der Waals surface area contributed by atoms with Gasteiger partial charge in [-0.2, -0.15) is 0 Å². The Bertz CT molecular complexity index is 1850. The van der Waals surface area contributed by atoms with Crippen molar-refractivity contribution in [3.8, 4) is 22.6 Å². The summed E-state index contributed by atoms with van der Waals surface area (Å²) >= 11 is 0. The van der Waals surface area contributed by atoms with Gasteiger partial charge in [0.05, 0.1) is 12.5 Å². The highest BCUT2D eigenvalue weighted by Crippen LogP contribution is 2.50. The topological polar surface area (TPSA) is 78.9 Å². The largest absolute Gasteiger partial charge is 0.461 e. The Morgan fingerprint density at radius 2 is 1.05 bits per heavy atom. The molecule has 41 heavy (non-hydrogen) atoms. The minimum absolute atomic E-state index is 0.0589. The number of furan rings is 2. The molecule has 0 amide bonds. The fraction of sp³-hybridized carbons (Fsp3) is 0.0286. The van der Waals surface area contributed by atoms with Gasteiger partial charge >= 0.3 is 0 Å². The number of hydrogen-bond donors (Lipinski definition) is 0. The van der Waals surface area contributed by atoms with Gasteiger partial charge in [-0.3, -0.25) is 9.59 Å². The van der Waals surface area contributed by atoms with Crippen molar-refractivity contribution in [2.24, 2.45) is 0 Å². The fourth-order valence-electron chi connectivity index (χ4n) is 5.24. The Morgan fingerprint density at radius 1 is 0.585 bits per heavy atom. The third kappa shape index (κ3) is 4.41. The van der Waals surface area contributed by atoms with Crippen LogP contribution in [0.2, 0.25) is 0 Å². The van der Waals surface area contributed by atoms with E-state index in [4.69, 9.17) is 18.3 Å². The number of rotatable bonds is 6. The molecule has 0 saturated carbocycles. The summed E-state index contributed by atoms with van der Waals surface area (Å²) < 4.78 is 23.1. The smallest absolute Gasteiger partial charge is 0.231 e. The van der Waals surface area contributed by atoms with Crippen LogP contribution < -0.4 is 9.47 Å². The highest BCUT2D eigenvalue weighted by molar-refractivity contribution is 6.13. The molecule has 0 unspecified atom stereocenters. The molecule has 1 aliphatic rings. The summed E-state index contributed by atoms with van der Waals surface area (Å²) in [5, 5.41) is 3.90. The first-order valence-corrected chi connectivity index (χ1v) is 13.1. The molecule has 0 bridgehead atoms. The van der Waals surface area contributed by atoms with Crippen LogP contribution in [0.4, 0.5) is 0 Å². The Labute approximate surface area is 234 Å². The zero-order valence-corrected chi connectivity index (χ0v) is 21.7. The summed E-state index contributed by atoms with van der Waals surface area (Å²) in [7, 11) is 0. The van der Waals surface area contributed by atoms with Crippen LogP contribution in [0.3, 0.4) is 0 Å². The highest BCUT2D eigenvalue weighted by Gasteiger charge is 2.26. The molecule has 0 aliphatic carbocycles. The summed E-state index contributed by atoms with van der Waals surface area (Å²) in [5.74, 6) is 1.22. The number of allylic oxidation sites excluding steroid dienone is 2. The van der Waals surface area contributed by atoms with Crippen molar-refractivity contribution >= 4 is 45.3 Å². The molecular weight excluding hydrogens is 516 g/mol. The maximum absolute atomic E-state index is 12.7. The van der Waals surface area contributed by atoms with E-state index in [9.17, 15) is 9.59 Å². The Hall–Kier alpha value is -5.62. The van der Waals surface area contributed by atoms with Crippen LogP contribution in [0.5, 0.6) is 11.5 Å². The van der Waals surface area contributed by atoms with Crippen molar-refractivity contribution in [3.63, 3.8) is 0 Å². The zero-order chi connectivity index (χ0) is 27.8. The van der Waals surface area contributed by atoms with Crippen LogP contribution in [0.15, 0.2) is 118 Å². The van der Waals surface area contributed by atoms with E-state index in [0.29, 0.717) is 11.5 Å². The van der Waals surface area contributed by atoms with Gasteiger partial charge in [-0.05, 0) is 82.2 Å². The first-order chi connectivity index (χ1) is 20.2. The van der Waals surface area contributed by atoms with Crippen molar-refractivity contribution < 1.29 is 27.9 Å². The number of ether oxygens (including phenoxy) is 2. The lowest BCUT2D eigenvalue weighted by molar-refractivity contribution is 0.101. The summed E-state index contributed by atoms with van der Waals surface area (Å²) in [4.78, 5) is 25.4. The molecule has 3 heterocycles. The third-order valence-corrected chi connectivity index (χ3v) is 7.07. The first-order valence-electron chi connectivity index (χ1n) is 13.1. The number of carbonyl (C=O) groups is 2. The van der Waals surface area contributed by atoms with Crippen molar-refractivity contribution in [2.45, 2.75) is 0 Å². The second kappa shape index (κ2) is 10.2. The van der Waals surface area contributed by atoms with Crippen molar-refractivity contribution in [1.29, 1.82) is 0 Å². The molecule has 0 atom stereocenters. The van der Waals surface area contributed by atoms with E-state index in [-0.39, 0.29) is 29.9 Å². The monoisotopic (exact) mass is 538 g/mol. The standard InChI is InChI=1S/C35H22O6/c36-28(30-11-5-17-38-30)15-13-24-19-22-7-1-3-9-26(22)32-33-27-10-4-2-8-23(27)20-25(35(33)41-21-40-34(24)32)14-16-29(37)31-12-6-18-39-31/h1-20H,21H2/b15-13-,16-14-. The second-order valence-corrected chi connectivity index (χ2v) is 9.54. The lowest BCUT2D eigenvalue weighted by Crippen LogP contribution is -2.05. The number of carbonyl (C=O) groups excluding carboxylic acids is 2. The van der Waals surface area contributed by atoms with E-state index in [1.165, 1.54) is 24.7 Å². The average Bonchev–Trinajstić information content (AvgIpc) is 3.71. The highest BCUT2D eigenvalue weighted by atomic mass is 16.7.